The van der Waals surface area contributed by atoms with Crippen molar-refractivity contribution in [2.75, 3.05) is 13.1 Å². The molecule has 2 heterocycles. The first-order chi connectivity index (χ1) is 16.4. The van der Waals surface area contributed by atoms with E-state index in [0.717, 1.165) is 49.1 Å². The summed E-state index contributed by atoms with van der Waals surface area (Å²) < 4.78 is 28.4. The zero-order valence-corrected chi connectivity index (χ0v) is 20.4. The number of carbonyl (C=O) groups excluding carboxylic acids is 1. The Morgan fingerprint density at radius 3 is 2.59 bits per heavy atom. The normalized spacial score (nSPS) is 24.2. The summed E-state index contributed by atoms with van der Waals surface area (Å²) in [6.45, 7) is 2.92. The summed E-state index contributed by atoms with van der Waals surface area (Å²) >= 11 is 0. The van der Waals surface area contributed by atoms with Gasteiger partial charge in [-0.25, -0.2) is 13.4 Å². The quantitative estimate of drug-likeness (QED) is 0.568. The number of H-pyrrole nitrogens is 1. The van der Waals surface area contributed by atoms with Gasteiger partial charge in [0.1, 0.15) is 5.82 Å². The molecule has 0 radical (unpaired) electrons. The number of sulfonamides is 1. The molecule has 1 atom stereocenters. The van der Waals surface area contributed by atoms with Crippen LogP contribution in [-0.2, 0) is 14.8 Å². The molecule has 0 bridgehead atoms. The second-order valence-corrected chi connectivity index (χ2v) is 11.7. The highest BCUT2D eigenvalue weighted by atomic mass is 32.2. The second-order valence-electron chi connectivity index (χ2n) is 9.80. The molecular weight excluding hydrogens is 448 g/mol. The van der Waals surface area contributed by atoms with Crippen LogP contribution in [0.5, 0.6) is 0 Å². The lowest BCUT2D eigenvalue weighted by molar-refractivity contribution is -0.127. The van der Waals surface area contributed by atoms with Gasteiger partial charge in [-0.1, -0.05) is 37.3 Å². The standard InChI is InChI=1S/C26H32N4O3S/c1-18-9-11-21(12-10-18)27-26(31)20-8-5-15-30(17-20)34(32,33)22-13-14-23-24(16-22)29-25(28-23)19-6-3-2-4-7-19/h2-4,6-7,13-14,16,18,20-21H,5,8-12,15,17H2,1H3,(H,27,31)(H,28,29)/t18?,20-,21?/m0/s1. The smallest absolute Gasteiger partial charge is 0.243 e. The number of hydrogen-bond acceptors (Lipinski definition) is 4. The van der Waals surface area contributed by atoms with Gasteiger partial charge in [-0.2, -0.15) is 4.31 Å². The number of aromatic nitrogens is 2. The van der Waals surface area contributed by atoms with Crippen LogP contribution >= 0.6 is 0 Å². The zero-order chi connectivity index (χ0) is 23.7. The predicted molar refractivity (Wildman–Crippen MR) is 133 cm³/mol. The Kier molecular flexibility index (Phi) is 6.44. The van der Waals surface area contributed by atoms with E-state index in [0.29, 0.717) is 24.3 Å². The van der Waals surface area contributed by atoms with E-state index in [1.54, 1.807) is 18.2 Å². The minimum absolute atomic E-state index is 0.00373. The molecule has 1 saturated carbocycles. The number of nitrogens with one attached hydrogen (secondary N) is 2. The van der Waals surface area contributed by atoms with Crippen molar-refractivity contribution >= 4 is 27.0 Å². The number of fused-ring (bicyclic) bond motifs is 1. The number of piperidine rings is 1. The third kappa shape index (κ3) is 4.74. The summed E-state index contributed by atoms with van der Waals surface area (Å²) in [6, 6.07) is 15.0. The van der Waals surface area contributed by atoms with Crippen molar-refractivity contribution < 1.29 is 13.2 Å². The molecule has 2 fully saturated rings. The Bertz CT molecular complexity index is 1260. The van der Waals surface area contributed by atoms with Crippen LogP contribution in [0.4, 0.5) is 0 Å². The lowest BCUT2D eigenvalue weighted by atomic mass is 9.87. The van der Waals surface area contributed by atoms with Crippen LogP contribution in [0.1, 0.15) is 45.4 Å². The van der Waals surface area contributed by atoms with Gasteiger partial charge in [0.15, 0.2) is 0 Å². The van der Waals surface area contributed by atoms with E-state index in [1.807, 2.05) is 30.3 Å². The van der Waals surface area contributed by atoms with Crippen molar-refractivity contribution in [1.29, 1.82) is 0 Å². The van der Waals surface area contributed by atoms with Crippen molar-refractivity contribution in [3.63, 3.8) is 0 Å². The Balaban J connectivity index is 1.31. The topological polar surface area (TPSA) is 95.2 Å². The molecule has 1 saturated heterocycles. The molecule has 180 valence electrons. The Hall–Kier alpha value is -2.71. The minimum Gasteiger partial charge on any atom is -0.353 e. The highest BCUT2D eigenvalue weighted by Gasteiger charge is 2.34. The molecule has 2 aromatic carbocycles. The van der Waals surface area contributed by atoms with Crippen LogP contribution in [0, 0.1) is 11.8 Å². The van der Waals surface area contributed by atoms with Crippen molar-refractivity contribution in [2.24, 2.45) is 11.8 Å². The zero-order valence-electron chi connectivity index (χ0n) is 19.5. The number of carbonyl (C=O) groups is 1. The maximum atomic E-state index is 13.5. The lowest BCUT2D eigenvalue weighted by Crippen LogP contribution is -2.48. The van der Waals surface area contributed by atoms with Crippen LogP contribution in [0.15, 0.2) is 53.4 Å². The molecule has 8 heteroatoms. The van der Waals surface area contributed by atoms with Gasteiger partial charge in [0, 0.05) is 24.7 Å². The second kappa shape index (κ2) is 9.50. The van der Waals surface area contributed by atoms with E-state index >= 15 is 0 Å². The summed E-state index contributed by atoms with van der Waals surface area (Å²) in [5, 5.41) is 3.19. The summed E-state index contributed by atoms with van der Waals surface area (Å²) in [5.74, 6) is 1.12. The van der Waals surface area contributed by atoms with E-state index in [9.17, 15) is 13.2 Å². The monoisotopic (exact) mass is 480 g/mol. The van der Waals surface area contributed by atoms with Crippen molar-refractivity contribution in [2.45, 2.75) is 56.4 Å². The molecule has 0 unspecified atom stereocenters. The molecule has 7 nitrogen and oxygen atoms in total. The fourth-order valence-electron chi connectivity index (χ4n) is 5.13. The van der Waals surface area contributed by atoms with Gasteiger partial charge in [-0.3, -0.25) is 4.79 Å². The van der Waals surface area contributed by atoms with E-state index in [-0.39, 0.29) is 29.3 Å². The number of rotatable bonds is 5. The molecule has 1 aliphatic carbocycles. The van der Waals surface area contributed by atoms with E-state index < -0.39 is 10.0 Å². The first kappa shape index (κ1) is 23.1. The molecule has 1 aliphatic heterocycles. The number of amides is 1. The highest BCUT2D eigenvalue weighted by Crippen LogP contribution is 2.28. The molecule has 2 N–H and O–H groups in total. The maximum absolute atomic E-state index is 13.5. The van der Waals surface area contributed by atoms with Crippen molar-refractivity contribution in [3.05, 3.63) is 48.5 Å². The number of imidazole rings is 1. The molecule has 3 aromatic rings. The van der Waals surface area contributed by atoms with Crippen LogP contribution in [-0.4, -0.2) is 47.7 Å². The average molecular weight is 481 g/mol. The third-order valence-corrected chi connectivity index (χ3v) is 9.12. The van der Waals surface area contributed by atoms with Crippen LogP contribution in [0.2, 0.25) is 0 Å². The van der Waals surface area contributed by atoms with Crippen molar-refractivity contribution in [3.8, 4) is 11.4 Å². The first-order valence-electron chi connectivity index (χ1n) is 12.3. The van der Waals surface area contributed by atoms with Gasteiger partial charge >= 0.3 is 0 Å². The Morgan fingerprint density at radius 1 is 1.06 bits per heavy atom. The minimum atomic E-state index is -3.71. The molecule has 5 rings (SSSR count). The summed E-state index contributed by atoms with van der Waals surface area (Å²) in [4.78, 5) is 21.0. The van der Waals surface area contributed by atoms with Gasteiger partial charge in [-0.15, -0.1) is 0 Å². The molecule has 2 aliphatic rings. The number of hydrogen-bond donors (Lipinski definition) is 2. The van der Waals surface area contributed by atoms with E-state index in [2.05, 4.69) is 22.2 Å². The summed E-state index contributed by atoms with van der Waals surface area (Å²) in [6.07, 6.45) is 5.70. The fourth-order valence-corrected chi connectivity index (χ4v) is 6.68. The Labute approximate surface area is 201 Å². The van der Waals surface area contributed by atoms with Gasteiger partial charge in [-0.05, 0) is 62.6 Å². The average Bonchev–Trinajstić information content (AvgIpc) is 3.30. The highest BCUT2D eigenvalue weighted by molar-refractivity contribution is 7.89. The molecule has 1 aromatic heterocycles. The molecule has 0 spiro atoms. The van der Waals surface area contributed by atoms with Gasteiger partial charge in [0.2, 0.25) is 15.9 Å². The van der Waals surface area contributed by atoms with Crippen LogP contribution < -0.4 is 5.32 Å². The summed E-state index contributed by atoms with van der Waals surface area (Å²) in [5.41, 5.74) is 2.34. The number of benzene rings is 2. The summed E-state index contributed by atoms with van der Waals surface area (Å²) in [7, 11) is -3.71. The number of aromatic amines is 1. The molecule has 1 amide bonds. The SMILES string of the molecule is CC1CCC(NC(=O)[C@H]2CCCN(S(=O)(=O)c3ccc4nc(-c5ccccc5)[nH]c4c3)C2)CC1. The van der Waals surface area contributed by atoms with Crippen LogP contribution in [0.25, 0.3) is 22.4 Å². The van der Waals surface area contributed by atoms with Gasteiger partial charge < -0.3 is 10.3 Å². The maximum Gasteiger partial charge on any atom is 0.243 e. The van der Waals surface area contributed by atoms with Crippen molar-refractivity contribution in [1.82, 2.24) is 19.6 Å². The first-order valence-corrected chi connectivity index (χ1v) is 13.7. The molecule has 34 heavy (non-hydrogen) atoms. The number of nitrogens with zero attached hydrogens (tertiary/aromatic N) is 2. The lowest BCUT2D eigenvalue weighted by Gasteiger charge is -2.33. The fraction of sp³-hybridized carbons (Fsp3) is 0.462. The van der Waals surface area contributed by atoms with Gasteiger partial charge in [0.25, 0.3) is 0 Å². The molecular formula is C26H32N4O3S. The van der Waals surface area contributed by atoms with Crippen LogP contribution in [0.3, 0.4) is 0 Å². The van der Waals surface area contributed by atoms with E-state index in [4.69, 9.17) is 0 Å². The largest absolute Gasteiger partial charge is 0.353 e. The van der Waals surface area contributed by atoms with E-state index in [1.165, 1.54) is 4.31 Å². The predicted octanol–water partition coefficient (Wildman–Crippen LogP) is 4.33. The van der Waals surface area contributed by atoms with Gasteiger partial charge in [0.05, 0.1) is 21.8 Å². The Morgan fingerprint density at radius 2 is 1.82 bits per heavy atom. The third-order valence-electron chi connectivity index (χ3n) is 7.26.